The molecule has 3 aromatic carbocycles. The maximum Gasteiger partial charge on any atom is 0.255 e. The number of halogens is 1. The van der Waals surface area contributed by atoms with Crippen molar-refractivity contribution in [3.63, 3.8) is 0 Å². The molecule has 0 fully saturated rings. The zero-order chi connectivity index (χ0) is 28.1. The predicted molar refractivity (Wildman–Crippen MR) is 151 cm³/mol. The van der Waals surface area contributed by atoms with Gasteiger partial charge in [-0.25, -0.2) is 9.97 Å². The van der Waals surface area contributed by atoms with Crippen LogP contribution in [0.2, 0.25) is 5.02 Å². The van der Waals surface area contributed by atoms with Gasteiger partial charge in [-0.15, -0.1) is 0 Å². The highest BCUT2D eigenvalue weighted by molar-refractivity contribution is 6.32. The van der Waals surface area contributed by atoms with Gasteiger partial charge in [0.1, 0.15) is 23.4 Å². The van der Waals surface area contributed by atoms with Gasteiger partial charge in [-0.2, -0.15) is 0 Å². The van der Waals surface area contributed by atoms with E-state index in [1.165, 1.54) is 24.3 Å². The number of fused-ring (bicyclic) bond motifs is 1. The first-order chi connectivity index (χ1) is 19.3. The molecule has 0 aliphatic heterocycles. The Bertz CT molecular complexity index is 1510. The van der Waals surface area contributed by atoms with E-state index in [1.807, 2.05) is 30.3 Å². The van der Waals surface area contributed by atoms with E-state index in [0.717, 1.165) is 11.1 Å². The van der Waals surface area contributed by atoms with Crippen LogP contribution in [0.3, 0.4) is 0 Å². The molecule has 5 rings (SSSR count). The fourth-order valence-corrected chi connectivity index (χ4v) is 5.04. The van der Waals surface area contributed by atoms with Gasteiger partial charge in [0, 0.05) is 25.4 Å². The minimum Gasteiger partial charge on any atom is -0.456 e. The molecule has 2 amide bonds. The number of benzene rings is 3. The van der Waals surface area contributed by atoms with Crippen LogP contribution in [0.5, 0.6) is 11.5 Å². The van der Waals surface area contributed by atoms with Crippen LogP contribution in [0.25, 0.3) is 0 Å². The number of hydrogen-bond donors (Lipinski definition) is 3. The fraction of sp³-hybridized carbons (Fsp3) is 0.226. The van der Waals surface area contributed by atoms with E-state index in [-0.39, 0.29) is 12.5 Å². The molecule has 0 bridgehead atoms. The molecule has 8 nitrogen and oxygen atoms in total. The van der Waals surface area contributed by atoms with Gasteiger partial charge in [0.2, 0.25) is 5.91 Å². The second-order valence-corrected chi connectivity index (χ2v) is 10.3. The van der Waals surface area contributed by atoms with Crippen molar-refractivity contribution in [2.45, 2.75) is 44.4 Å². The van der Waals surface area contributed by atoms with Crippen molar-refractivity contribution in [3.8, 4) is 11.5 Å². The number of aliphatic hydroxyl groups is 1. The monoisotopic (exact) mass is 556 g/mol. The van der Waals surface area contributed by atoms with E-state index in [0.29, 0.717) is 46.9 Å². The molecular formula is C31H29ClN4O4. The van der Waals surface area contributed by atoms with Gasteiger partial charge in [-0.05, 0) is 66.3 Å². The summed E-state index contributed by atoms with van der Waals surface area (Å²) in [6.45, 7) is 1.95. The Hall–Kier alpha value is -4.27. The normalized spacial score (nSPS) is 16.9. The summed E-state index contributed by atoms with van der Waals surface area (Å²) in [7, 11) is 0. The van der Waals surface area contributed by atoms with Crippen LogP contribution in [-0.4, -0.2) is 32.4 Å². The van der Waals surface area contributed by atoms with Crippen molar-refractivity contribution in [1.82, 2.24) is 20.6 Å². The van der Waals surface area contributed by atoms with Crippen LogP contribution in [0.15, 0.2) is 85.5 Å². The number of carbonyl (C=O) groups is 2. The molecule has 204 valence electrons. The number of hydrogen-bond acceptors (Lipinski definition) is 6. The third kappa shape index (κ3) is 6.14. The number of amides is 2. The van der Waals surface area contributed by atoms with Crippen molar-refractivity contribution in [2.24, 2.45) is 0 Å². The minimum atomic E-state index is -1.11. The van der Waals surface area contributed by atoms with Crippen LogP contribution in [-0.2, 0) is 24.2 Å². The third-order valence-corrected chi connectivity index (χ3v) is 7.38. The van der Waals surface area contributed by atoms with Crippen LogP contribution in [0.4, 0.5) is 0 Å². The fourth-order valence-electron chi connectivity index (χ4n) is 4.81. The third-order valence-electron chi connectivity index (χ3n) is 7.08. The number of rotatable bonds is 8. The van der Waals surface area contributed by atoms with Crippen LogP contribution < -0.4 is 15.4 Å². The Balaban J connectivity index is 1.28. The van der Waals surface area contributed by atoms with E-state index >= 15 is 0 Å². The first kappa shape index (κ1) is 27.3. The topological polar surface area (TPSA) is 113 Å². The lowest BCUT2D eigenvalue weighted by Crippen LogP contribution is -2.61. The molecule has 9 heteroatoms. The number of aliphatic hydroxyl groups excluding tert-OH is 1. The molecule has 3 N–H and O–H groups in total. The number of nitrogens with zero attached hydrogens (tertiary/aromatic N) is 2. The summed E-state index contributed by atoms with van der Waals surface area (Å²) in [5.41, 5.74) is 2.97. The maximum atomic E-state index is 13.7. The Morgan fingerprint density at radius 1 is 1.05 bits per heavy atom. The van der Waals surface area contributed by atoms with Crippen molar-refractivity contribution in [2.75, 3.05) is 0 Å². The molecule has 1 aliphatic rings. The summed E-state index contributed by atoms with van der Waals surface area (Å²) in [5, 5.41) is 16.2. The van der Waals surface area contributed by atoms with Crippen molar-refractivity contribution in [1.29, 1.82) is 0 Å². The standard InChI is InChI=1S/C31H29ClN4O4/c1-20(37)23-8-11-28(27(32)14-23)40-26-9-6-21(7-10-26)16-35-30(39)31(36-29(38)25-17-33-19-34-18-25)13-12-22-4-2-3-5-24(22)15-31/h2-11,14,17-20,37H,12-13,15-16H2,1H3,(H,35,39)(H,36,38). The molecule has 0 radical (unpaired) electrons. The second-order valence-electron chi connectivity index (χ2n) is 9.90. The predicted octanol–water partition coefficient (Wildman–Crippen LogP) is 4.95. The molecule has 0 saturated carbocycles. The Morgan fingerprint density at radius 2 is 1.77 bits per heavy atom. The summed E-state index contributed by atoms with van der Waals surface area (Å²) in [6, 6.07) is 20.4. The van der Waals surface area contributed by atoms with Gasteiger partial charge in [0.05, 0.1) is 16.7 Å². The smallest absolute Gasteiger partial charge is 0.255 e. The highest BCUT2D eigenvalue weighted by atomic mass is 35.5. The molecule has 1 heterocycles. The molecule has 4 aromatic rings. The van der Waals surface area contributed by atoms with Gasteiger partial charge in [0.15, 0.2) is 0 Å². The van der Waals surface area contributed by atoms with Crippen molar-refractivity contribution >= 4 is 23.4 Å². The van der Waals surface area contributed by atoms with Gasteiger partial charge < -0.3 is 20.5 Å². The van der Waals surface area contributed by atoms with Crippen molar-refractivity contribution < 1.29 is 19.4 Å². The van der Waals surface area contributed by atoms with E-state index in [9.17, 15) is 14.7 Å². The van der Waals surface area contributed by atoms with Crippen LogP contribution in [0, 0.1) is 0 Å². The highest BCUT2D eigenvalue weighted by Gasteiger charge is 2.42. The molecule has 1 aromatic heterocycles. The van der Waals surface area contributed by atoms with Gasteiger partial charge in [-0.1, -0.05) is 54.1 Å². The summed E-state index contributed by atoms with van der Waals surface area (Å²) in [4.78, 5) is 34.6. The Labute approximate surface area is 237 Å². The lowest BCUT2D eigenvalue weighted by atomic mass is 9.77. The van der Waals surface area contributed by atoms with E-state index in [1.54, 1.807) is 37.3 Å². The lowest BCUT2D eigenvalue weighted by molar-refractivity contribution is -0.128. The van der Waals surface area contributed by atoms with Gasteiger partial charge >= 0.3 is 0 Å². The summed E-state index contributed by atoms with van der Waals surface area (Å²) in [6.07, 6.45) is 5.12. The number of aryl methyl sites for hydroxylation is 1. The zero-order valence-electron chi connectivity index (χ0n) is 21.9. The molecule has 0 saturated heterocycles. The Morgan fingerprint density at radius 3 is 2.48 bits per heavy atom. The first-order valence-corrected chi connectivity index (χ1v) is 13.4. The second kappa shape index (κ2) is 11.9. The summed E-state index contributed by atoms with van der Waals surface area (Å²) < 4.78 is 5.90. The molecule has 2 unspecified atom stereocenters. The van der Waals surface area contributed by atoms with Gasteiger partial charge in [-0.3, -0.25) is 9.59 Å². The molecular weight excluding hydrogens is 528 g/mol. The van der Waals surface area contributed by atoms with Crippen LogP contribution >= 0.6 is 11.6 Å². The van der Waals surface area contributed by atoms with E-state index < -0.39 is 17.6 Å². The number of aromatic nitrogens is 2. The van der Waals surface area contributed by atoms with Crippen LogP contribution in [0.1, 0.15) is 52.1 Å². The largest absolute Gasteiger partial charge is 0.456 e. The first-order valence-electron chi connectivity index (χ1n) is 13.0. The molecule has 40 heavy (non-hydrogen) atoms. The van der Waals surface area contributed by atoms with E-state index in [4.69, 9.17) is 16.3 Å². The summed E-state index contributed by atoms with van der Waals surface area (Å²) >= 11 is 6.31. The molecule has 0 spiro atoms. The average Bonchev–Trinajstić information content (AvgIpc) is 2.98. The SMILES string of the molecule is CC(O)c1ccc(Oc2ccc(CNC(=O)C3(NC(=O)c4cncnc4)CCc4ccccc4C3)cc2)c(Cl)c1. The van der Waals surface area contributed by atoms with Gasteiger partial charge in [0.25, 0.3) is 5.91 Å². The lowest BCUT2D eigenvalue weighted by Gasteiger charge is -2.37. The quantitative estimate of drug-likeness (QED) is 0.283. The maximum absolute atomic E-state index is 13.7. The Kier molecular flexibility index (Phi) is 8.09. The minimum absolute atomic E-state index is 0.252. The highest BCUT2D eigenvalue weighted by Crippen LogP contribution is 2.32. The van der Waals surface area contributed by atoms with E-state index in [2.05, 4.69) is 26.7 Å². The van der Waals surface area contributed by atoms with Crippen molar-refractivity contribution in [3.05, 3.63) is 118 Å². The molecule has 1 aliphatic carbocycles. The number of nitrogens with one attached hydrogen (secondary N) is 2. The zero-order valence-corrected chi connectivity index (χ0v) is 22.7. The number of ether oxygens (including phenoxy) is 1. The molecule has 2 atom stereocenters. The summed E-state index contributed by atoms with van der Waals surface area (Å²) in [5.74, 6) is 0.417. The number of carbonyl (C=O) groups excluding carboxylic acids is 2. The average molecular weight is 557 g/mol.